The summed E-state index contributed by atoms with van der Waals surface area (Å²) in [5, 5.41) is 3.20. The molecule has 0 saturated carbocycles. The van der Waals surface area contributed by atoms with Gasteiger partial charge in [0.05, 0.1) is 10.6 Å². The van der Waals surface area contributed by atoms with Crippen LogP contribution >= 0.6 is 11.6 Å². The van der Waals surface area contributed by atoms with Crippen LogP contribution in [-0.4, -0.2) is 14.7 Å². The Kier molecular flexibility index (Phi) is 4.96. The van der Waals surface area contributed by atoms with Gasteiger partial charge in [-0.05, 0) is 55.3 Å². The topological polar surface area (TPSA) is 46.2 Å². The summed E-state index contributed by atoms with van der Waals surface area (Å²) < 4.78 is 50.7. The first-order valence-electron chi connectivity index (χ1n) is 6.81. The fourth-order valence-electron chi connectivity index (χ4n) is 2.36. The Bertz CT molecular complexity index is 853. The van der Waals surface area contributed by atoms with Crippen molar-refractivity contribution in [2.24, 2.45) is 0 Å². The van der Waals surface area contributed by atoms with E-state index < -0.39 is 27.5 Å². The van der Waals surface area contributed by atoms with Crippen molar-refractivity contribution in [3.8, 4) is 0 Å². The lowest BCUT2D eigenvalue weighted by Gasteiger charge is -2.20. The van der Waals surface area contributed by atoms with E-state index in [4.69, 9.17) is 11.6 Å². The molecular formula is C16H16ClF2NO2S. The van der Waals surface area contributed by atoms with Gasteiger partial charge < -0.3 is 5.32 Å². The van der Waals surface area contributed by atoms with Gasteiger partial charge in [-0.25, -0.2) is 17.2 Å². The lowest BCUT2D eigenvalue weighted by Crippen LogP contribution is -2.12. The van der Waals surface area contributed by atoms with Gasteiger partial charge in [0.25, 0.3) is 0 Å². The minimum atomic E-state index is -3.53. The van der Waals surface area contributed by atoms with Gasteiger partial charge in [-0.15, -0.1) is 0 Å². The summed E-state index contributed by atoms with van der Waals surface area (Å²) in [6.07, 6.45) is 1.04. The maximum absolute atomic E-state index is 13.6. The SMILES string of the molecule is Cc1c(Cl)cc(F)cc1C(C)Nc1cc(F)ccc1S(C)(=O)=O. The van der Waals surface area contributed by atoms with E-state index in [2.05, 4.69) is 5.32 Å². The highest BCUT2D eigenvalue weighted by molar-refractivity contribution is 7.90. The van der Waals surface area contributed by atoms with E-state index in [0.29, 0.717) is 11.1 Å². The third-order valence-electron chi connectivity index (χ3n) is 3.53. The van der Waals surface area contributed by atoms with E-state index in [1.54, 1.807) is 13.8 Å². The molecule has 1 unspecified atom stereocenters. The standard InChI is InChI=1S/C16H16ClF2NO2S/c1-9-13(6-12(19)7-14(9)17)10(2)20-15-8-11(18)4-5-16(15)23(3,21)22/h4-8,10,20H,1-3H3. The molecule has 0 radical (unpaired) electrons. The minimum Gasteiger partial charge on any atom is -0.377 e. The van der Waals surface area contributed by atoms with Crippen molar-refractivity contribution in [2.45, 2.75) is 24.8 Å². The maximum atomic E-state index is 13.6. The monoisotopic (exact) mass is 359 g/mol. The van der Waals surface area contributed by atoms with Gasteiger partial charge in [0.2, 0.25) is 0 Å². The molecule has 0 amide bonds. The van der Waals surface area contributed by atoms with Crippen LogP contribution in [0.2, 0.25) is 5.02 Å². The summed E-state index contributed by atoms with van der Waals surface area (Å²) in [6, 6.07) is 5.44. The van der Waals surface area contributed by atoms with Crippen LogP contribution in [0.25, 0.3) is 0 Å². The molecule has 0 fully saturated rings. The van der Waals surface area contributed by atoms with Crippen LogP contribution in [0.4, 0.5) is 14.5 Å². The molecular weight excluding hydrogens is 344 g/mol. The molecule has 0 aliphatic rings. The molecule has 0 bridgehead atoms. The Morgan fingerprint density at radius 2 is 1.78 bits per heavy atom. The van der Waals surface area contributed by atoms with Crippen molar-refractivity contribution < 1.29 is 17.2 Å². The van der Waals surface area contributed by atoms with Crippen LogP contribution in [0, 0.1) is 18.6 Å². The van der Waals surface area contributed by atoms with Gasteiger partial charge in [0.15, 0.2) is 9.84 Å². The van der Waals surface area contributed by atoms with E-state index in [0.717, 1.165) is 18.4 Å². The van der Waals surface area contributed by atoms with Crippen LogP contribution in [0.15, 0.2) is 35.2 Å². The van der Waals surface area contributed by atoms with Crippen LogP contribution in [0.3, 0.4) is 0 Å². The zero-order chi connectivity index (χ0) is 17.4. The molecule has 124 valence electrons. The molecule has 1 atom stereocenters. The van der Waals surface area contributed by atoms with Gasteiger partial charge in [0, 0.05) is 17.3 Å². The summed E-state index contributed by atoms with van der Waals surface area (Å²) in [6.45, 7) is 3.45. The Labute approximate surface area is 139 Å². The molecule has 1 N–H and O–H groups in total. The Morgan fingerprint density at radius 3 is 2.39 bits per heavy atom. The smallest absolute Gasteiger partial charge is 0.177 e. The highest BCUT2D eigenvalue weighted by Crippen LogP contribution is 2.30. The number of hydrogen-bond donors (Lipinski definition) is 1. The highest BCUT2D eigenvalue weighted by atomic mass is 35.5. The number of rotatable bonds is 4. The number of hydrogen-bond acceptors (Lipinski definition) is 3. The van der Waals surface area contributed by atoms with E-state index >= 15 is 0 Å². The largest absolute Gasteiger partial charge is 0.377 e. The van der Waals surface area contributed by atoms with Crippen molar-refractivity contribution >= 4 is 27.1 Å². The minimum absolute atomic E-state index is 0.0223. The molecule has 0 heterocycles. The third-order valence-corrected chi connectivity index (χ3v) is 5.08. The average Bonchev–Trinajstić information content (AvgIpc) is 2.41. The normalized spacial score (nSPS) is 13.0. The number of halogens is 3. The summed E-state index contributed by atoms with van der Waals surface area (Å²) >= 11 is 5.97. The molecule has 0 saturated heterocycles. The molecule has 2 rings (SSSR count). The quantitative estimate of drug-likeness (QED) is 0.817. The second kappa shape index (κ2) is 6.45. The first kappa shape index (κ1) is 17.7. The highest BCUT2D eigenvalue weighted by Gasteiger charge is 2.18. The molecule has 2 aromatic rings. The maximum Gasteiger partial charge on any atom is 0.177 e. The average molecular weight is 360 g/mol. The molecule has 0 aliphatic carbocycles. The van der Waals surface area contributed by atoms with Crippen LogP contribution in [0.1, 0.15) is 24.1 Å². The van der Waals surface area contributed by atoms with Crippen molar-refractivity contribution in [1.82, 2.24) is 0 Å². The Hall–Kier alpha value is -1.66. The molecule has 0 spiro atoms. The molecule has 7 heteroatoms. The van der Waals surface area contributed by atoms with Crippen LogP contribution in [0.5, 0.6) is 0 Å². The Balaban J connectivity index is 2.46. The van der Waals surface area contributed by atoms with Crippen molar-refractivity contribution in [3.05, 3.63) is 58.1 Å². The van der Waals surface area contributed by atoms with Gasteiger partial charge in [-0.3, -0.25) is 0 Å². The zero-order valence-electron chi connectivity index (χ0n) is 12.8. The van der Waals surface area contributed by atoms with Crippen LogP contribution < -0.4 is 5.32 Å². The summed E-state index contributed by atoms with van der Waals surface area (Å²) in [5.74, 6) is -1.06. The fraction of sp³-hybridized carbons (Fsp3) is 0.250. The zero-order valence-corrected chi connectivity index (χ0v) is 14.4. The second-order valence-electron chi connectivity index (χ2n) is 5.38. The first-order valence-corrected chi connectivity index (χ1v) is 9.08. The lowest BCUT2D eigenvalue weighted by molar-refractivity contribution is 0.600. The molecule has 0 aromatic heterocycles. The molecule has 0 aliphatic heterocycles. The number of nitrogens with one attached hydrogen (secondary N) is 1. The van der Waals surface area contributed by atoms with E-state index in [9.17, 15) is 17.2 Å². The van der Waals surface area contributed by atoms with Crippen molar-refractivity contribution in [2.75, 3.05) is 11.6 Å². The number of anilines is 1. The van der Waals surface area contributed by atoms with E-state index in [1.807, 2.05) is 0 Å². The second-order valence-corrected chi connectivity index (χ2v) is 7.77. The van der Waals surface area contributed by atoms with Gasteiger partial charge in [-0.1, -0.05) is 11.6 Å². The van der Waals surface area contributed by atoms with Gasteiger partial charge in [-0.2, -0.15) is 0 Å². The first-order chi connectivity index (χ1) is 10.6. The lowest BCUT2D eigenvalue weighted by atomic mass is 10.0. The third kappa shape index (κ3) is 4.00. The summed E-state index contributed by atoms with van der Waals surface area (Å²) in [7, 11) is -3.53. The van der Waals surface area contributed by atoms with Crippen molar-refractivity contribution in [3.63, 3.8) is 0 Å². The summed E-state index contributed by atoms with van der Waals surface area (Å²) in [5.41, 5.74) is 1.36. The molecule has 3 nitrogen and oxygen atoms in total. The van der Waals surface area contributed by atoms with Gasteiger partial charge >= 0.3 is 0 Å². The fourth-order valence-corrected chi connectivity index (χ4v) is 3.41. The number of benzene rings is 2. The van der Waals surface area contributed by atoms with Gasteiger partial charge in [0.1, 0.15) is 11.6 Å². The Morgan fingerprint density at radius 1 is 1.13 bits per heavy atom. The van der Waals surface area contributed by atoms with Crippen molar-refractivity contribution in [1.29, 1.82) is 0 Å². The predicted molar refractivity (Wildman–Crippen MR) is 87.7 cm³/mol. The number of sulfone groups is 1. The van der Waals surface area contributed by atoms with E-state index in [-0.39, 0.29) is 15.6 Å². The molecule has 23 heavy (non-hydrogen) atoms. The molecule has 2 aromatic carbocycles. The van der Waals surface area contributed by atoms with E-state index in [1.165, 1.54) is 18.2 Å². The predicted octanol–water partition coefficient (Wildman–Crippen LogP) is 4.50. The van der Waals surface area contributed by atoms with Crippen LogP contribution in [-0.2, 0) is 9.84 Å². The summed E-state index contributed by atoms with van der Waals surface area (Å²) in [4.78, 5) is -0.0223.